The average molecular weight is 339 g/mol. The van der Waals surface area contributed by atoms with Crippen molar-refractivity contribution in [2.45, 2.75) is 0 Å². The van der Waals surface area contributed by atoms with Crippen LogP contribution in [0.4, 0.5) is 0 Å². The van der Waals surface area contributed by atoms with E-state index in [0.29, 0.717) is 15.8 Å². The molecule has 0 aliphatic heterocycles. The predicted molar refractivity (Wildman–Crippen MR) is 84.4 cm³/mol. The van der Waals surface area contributed by atoms with Gasteiger partial charge in [-0.1, -0.05) is 35.3 Å². The minimum atomic E-state index is -0.533. The number of amides is 2. The van der Waals surface area contributed by atoms with E-state index < -0.39 is 11.8 Å². The zero-order chi connectivity index (χ0) is 16.1. The lowest BCUT2D eigenvalue weighted by atomic mass is 10.2. The van der Waals surface area contributed by atoms with Crippen molar-refractivity contribution in [1.29, 1.82) is 0 Å². The van der Waals surface area contributed by atoms with Crippen LogP contribution >= 0.6 is 23.2 Å². The van der Waals surface area contributed by atoms with Gasteiger partial charge in [0.1, 0.15) is 5.75 Å². The van der Waals surface area contributed by atoms with E-state index >= 15 is 0 Å². The summed E-state index contributed by atoms with van der Waals surface area (Å²) >= 11 is 11.7. The SMILES string of the molecule is COc1cc(Cl)ccc1C(=O)NNC(=O)c1ccccc1Cl. The molecule has 0 heterocycles. The fourth-order valence-corrected chi connectivity index (χ4v) is 2.13. The van der Waals surface area contributed by atoms with E-state index in [1.807, 2.05) is 0 Å². The first-order valence-corrected chi connectivity index (χ1v) is 6.97. The van der Waals surface area contributed by atoms with Gasteiger partial charge in [-0.3, -0.25) is 20.4 Å². The maximum Gasteiger partial charge on any atom is 0.273 e. The molecule has 2 rings (SSSR count). The molecule has 0 saturated heterocycles. The maximum atomic E-state index is 12.1. The maximum absolute atomic E-state index is 12.1. The quantitative estimate of drug-likeness (QED) is 0.845. The van der Waals surface area contributed by atoms with Gasteiger partial charge in [-0.15, -0.1) is 0 Å². The lowest BCUT2D eigenvalue weighted by molar-refractivity contribution is 0.0845. The lowest BCUT2D eigenvalue weighted by Gasteiger charge is -2.11. The zero-order valence-corrected chi connectivity index (χ0v) is 13.0. The summed E-state index contributed by atoms with van der Waals surface area (Å²) < 4.78 is 5.08. The van der Waals surface area contributed by atoms with Crippen molar-refractivity contribution in [2.75, 3.05) is 7.11 Å². The van der Waals surface area contributed by atoms with Crippen LogP contribution in [0.25, 0.3) is 0 Å². The Morgan fingerprint density at radius 3 is 2.23 bits per heavy atom. The van der Waals surface area contributed by atoms with E-state index in [0.717, 1.165) is 0 Å². The lowest BCUT2D eigenvalue weighted by Crippen LogP contribution is -2.41. The smallest absolute Gasteiger partial charge is 0.273 e. The van der Waals surface area contributed by atoms with Crippen molar-refractivity contribution in [1.82, 2.24) is 10.9 Å². The zero-order valence-electron chi connectivity index (χ0n) is 11.5. The van der Waals surface area contributed by atoms with Crippen LogP contribution in [0.1, 0.15) is 20.7 Å². The molecule has 2 N–H and O–H groups in total. The predicted octanol–water partition coefficient (Wildman–Crippen LogP) is 3.08. The van der Waals surface area contributed by atoms with Crippen LogP contribution in [0.5, 0.6) is 5.75 Å². The molecule has 0 radical (unpaired) electrons. The Labute approximate surface area is 137 Å². The molecule has 0 spiro atoms. The van der Waals surface area contributed by atoms with Gasteiger partial charge in [0.25, 0.3) is 11.8 Å². The second-order valence-corrected chi connectivity index (χ2v) is 5.08. The Kier molecular flexibility index (Phi) is 5.25. The highest BCUT2D eigenvalue weighted by Gasteiger charge is 2.15. The molecular weight excluding hydrogens is 327 g/mol. The van der Waals surface area contributed by atoms with Crippen molar-refractivity contribution >= 4 is 35.0 Å². The summed E-state index contributed by atoms with van der Waals surface area (Å²) in [6.07, 6.45) is 0. The van der Waals surface area contributed by atoms with Crippen molar-refractivity contribution < 1.29 is 14.3 Å². The molecule has 2 aromatic carbocycles. The van der Waals surface area contributed by atoms with Crippen molar-refractivity contribution in [3.63, 3.8) is 0 Å². The van der Waals surface area contributed by atoms with Gasteiger partial charge in [0, 0.05) is 5.02 Å². The highest BCUT2D eigenvalue weighted by atomic mass is 35.5. The molecule has 0 aliphatic rings. The van der Waals surface area contributed by atoms with Gasteiger partial charge in [-0.2, -0.15) is 0 Å². The van der Waals surface area contributed by atoms with Crippen molar-refractivity contribution in [2.24, 2.45) is 0 Å². The highest BCUT2D eigenvalue weighted by Crippen LogP contribution is 2.22. The third-order valence-corrected chi connectivity index (χ3v) is 3.38. The van der Waals surface area contributed by atoms with Crippen LogP contribution in [0.3, 0.4) is 0 Å². The van der Waals surface area contributed by atoms with Crippen LogP contribution in [-0.4, -0.2) is 18.9 Å². The Hall–Kier alpha value is -2.24. The van der Waals surface area contributed by atoms with E-state index in [9.17, 15) is 9.59 Å². The highest BCUT2D eigenvalue weighted by molar-refractivity contribution is 6.33. The second kappa shape index (κ2) is 7.15. The first kappa shape index (κ1) is 16.1. The van der Waals surface area contributed by atoms with E-state index in [-0.39, 0.29) is 11.1 Å². The van der Waals surface area contributed by atoms with E-state index in [4.69, 9.17) is 27.9 Å². The van der Waals surface area contributed by atoms with E-state index in [1.165, 1.54) is 19.2 Å². The Morgan fingerprint density at radius 1 is 0.955 bits per heavy atom. The van der Waals surface area contributed by atoms with Crippen LogP contribution in [0, 0.1) is 0 Å². The monoisotopic (exact) mass is 338 g/mol. The van der Waals surface area contributed by atoms with Gasteiger partial charge < -0.3 is 4.74 Å². The molecular formula is C15H12Cl2N2O3. The Bertz CT molecular complexity index is 720. The van der Waals surface area contributed by atoms with Crippen molar-refractivity contribution in [3.8, 4) is 5.75 Å². The van der Waals surface area contributed by atoms with Crippen LogP contribution in [0.2, 0.25) is 10.0 Å². The third kappa shape index (κ3) is 3.69. The topological polar surface area (TPSA) is 67.4 Å². The molecule has 0 bridgehead atoms. The molecule has 114 valence electrons. The van der Waals surface area contributed by atoms with E-state index in [1.54, 1.807) is 30.3 Å². The summed E-state index contributed by atoms with van der Waals surface area (Å²) in [6.45, 7) is 0. The van der Waals surface area contributed by atoms with Crippen LogP contribution in [0.15, 0.2) is 42.5 Å². The molecule has 2 aromatic rings. The number of methoxy groups -OCH3 is 1. The number of rotatable bonds is 3. The summed E-state index contributed by atoms with van der Waals surface area (Å²) in [5.41, 5.74) is 5.09. The number of hydrogen-bond acceptors (Lipinski definition) is 3. The summed E-state index contributed by atoms with van der Waals surface area (Å²) in [5.74, 6) is -0.752. The fraction of sp³-hybridized carbons (Fsp3) is 0.0667. The first-order valence-electron chi connectivity index (χ1n) is 6.21. The molecule has 22 heavy (non-hydrogen) atoms. The van der Waals surface area contributed by atoms with Gasteiger partial charge in [-0.25, -0.2) is 0 Å². The molecule has 2 amide bonds. The van der Waals surface area contributed by atoms with E-state index in [2.05, 4.69) is 10.9 Å². The summed E-state index contributed by atoms with van der Waals surface area (Å²) in [4.78, 5) is 24.0. The van der Waals surface area contributed by atoms with Gasteiger partial charge in [0.15, 0.2) is 0 Å². The number of nitrogens with one attached hydrogen (secondary N) is 2. The second-order valence-electron chi connectivity index (χ2n) is 4.23. The number of carbonyl (C=O) groups is 2. The molecule has 0 atom stereocenters. The van der Waals surface area contributed by atoms with Gasteiger partial charge >= 0.3 is 0 Å². The molecule has 0 unspecified atom stereocenters. The molecule has 0 fully saturated rings. The number of hydrazine groups is 1. The molecule has 5 nitrogen and oxygen atoms in total. The molecule has 0 saturated carbocycles. The van der Waals surface area contributed by atoms with Gasteiger partial charge in [0.05, 0.1) is 23.3 Å². The van der Waals surface area contributed by atoms with Crippen molar-refractivity contribution in [3.05, 3.63) is 63.6 Å². The van der Waals surface area contributed by atoms with Gasteiger partial charge in [-0.05, 0) is 30.3 Å². The largest absolute Gasteiger partial charge is 0.496 e. The minimum absolute atomic E-state index is 0.242. The minimum Gasteiger partial charge on any atom is -0.496 e. The summed E-state index contributed by atoms with van der Waals surface area (Å²) in [7, 11) is 1.42. The number of halogens is 2. The normalized spacial score (nSPS) is 9.95. The Morgan fingerprint density at radius 2 is 1.59 bits per heavy atom. The number of ether oxygens (including phenoxy) is 1. The fourth-order valence-electron chi connectivity index (χ4n) is 1.75. The third-order valence-electron chi connectivity index (χ3n) is 2.82. The van der Waals surface area contributed by atoms with Gasteiger partial charge in [0.2, 0.25) is 0 Å². The van der Waals surface area contributed by atoms with Crippen LogP contribution < -0.4 is 15.6 Å². The van der Waals surface area contributed by atoms with Crippen LogP contribution in [-0.2, 0) is 0 Å². The molecule has 0 aromatic heterocycles. The summed E-state index contributed by atoms with van der Waals surface area (Å²) in [6, 6.07) is 11.1. The molecule has 7 heteroatoms. The number of benzene rings is 2. The Balaban J connectivity index is 2.07. The first-order chi connectivity index (χ1) is 10.5. The standard InChI is InChI=1S/C15H12Cl2N2O3/c1-22-13-8-9(16)6-7-11(13)15(21)19-18-14(20)10-4-2-3-5-12(10)17/h2-8H,1H3,(H,18,20)(H,19,21). The number of hydrogen-bond donors (Lipinski definition) is 2. The summed E-state index contributed by atoms with van der Waals surface area (Å²) in [5, 5.41) is 0.729. The number of carbonyl (C=O) groups excluding carboxylic acids is 2. The molecule has 0 aliphatic carbocycles. The average Bonchev–Trinajstić information content (AvgIpc) is 2.52.